The van der Waals surface area contributed by atoms with E-state index in [2.05, 4.69) is 0 Å². The van der Waals surface area contributed by atoms with Gasteiger partial charge in [-0.05, 0) is 24.3 Å². The number of aromatic carboxylic acids is 1. The average molecular weight is 242 g/mol. The molecule has 1 aliphatic rings. The number of carbonyl (C=O) groups is 1. The van der Waals surface area contributed by atoms with Gasteiger partial charge < -0.3 is 14.7 Å². The Labute approximate surface area is 98.4 Å². The minimum absolute atomic E-state index is 0.190. The van der Waals surface area contributed by atoms with Gasteiger partial charge in [0.2, 0.25) is 0 Å². The Morgan fingerprint density at radius 3 is 2.69 bits per heavy atom. The molecule has 1 saturated heterocycles. The highest BCUT2D eigenvalue weighted by atomic mass is 35.5. The molecule has 0 saturated carbocycles. The number of ether oxygens (including phenoxy) is 1. The lowest BCUT2D eigenvalue weighted by Crippen LogP contribution is -2.42. The van der Waals surface area contributed by atoms with Crippen LogP contribution in [0.1, 0.15) is 10.4 Å². The molecule has 1 fully saturated rings. The monoisotopic (exact) mass is 241 g/mol. The summed E-state index contributed by atoms with van der Waals surface area (Å²) in [4.78, 5) is 12.7. The summed E-state index contributed by atoms with van der Waals surface area (Å²) in [5, 5.41) is 8.78. The number of benzene rings is 1. The molecule has 0 amide bonds. The molecule has 1 atom stereocenters. The van der Waals surface area contributed by atoms with Crippen LogP contribution >= 0.6 is 11.6 Å². The van der Waals surface area contributed by atoms with Crippen LogP contribution in [-0.4, -0.2) is 36.3 Å². The SMILES string of the molecule is O=C(O)c1ccc(N2CCOCC2Cl)cc1. The molecule has 1 aliphatic heterocycles. The number of carboxylic acid groups (broad SMARTS) is 1. The largest absolute Gasteiger partial charge is 0.478 e. The Morgan fingerprint density at radius 2 is 2.12 bits per heavy atom. The standard InChI is InChI=1S/C11H12ClNO3/c12-10-7-16-6-5-13(10)9-3-1-8(2-4-9)11(14)15/h1-4,10H,5-7H2,(H,14,15). The number of morpholine rings is 1. The summed E-state index contributed by atoms with van der Waals surface area (Å²) in [6, 6.07) is 6.70. The number of anilines is 1. The Morgan fingerprint density at radius 1 is 1.44 bits per heavy atom. The summed E-state index contributed by atoms with van der Waals surface area (Å²) in [6.45, 7) is 1.85. The first kappa shape index (κ1) is 11.2. The second-order valence-electron chi connectivity index (χ2n) is 3.55. The first-order valence-electron chi connectivity index (χ1n) is 5.00. The second kappa shape index (κ2) is 4.72. The third kappa shape index (κ3) is 2.28. The predicted octanol–water partition coefficient (Wildman–Crippen LogP) is 1.79. The maximum atomic E-state index is 10.7. The molecule has 0 aliphatic carbocycles. The number of nitrogens with zero attached hydrogens (tertiary/aromatic N) is 1. The normalized spacial score (nSPS) is 20.8. The van der Waals surface area contributed by atoms with Gasteiger partial charge in [-0.2, -0.15) is 0 Å². The lowest BCUT2D eigenvalue weighted by atomic mass is 10.2. The zero-order valence-electron chi connectivity index (χ0n) is 8.60. The highest BCUT2D eigenvalue weighted by Gasteiger charge is 2.20. The summed E-state index contributed by atoms with van der Waals surface area (Å²) < 4.78 is 5.23. The molecule has 0 aromatic heterocycles. The van der Waals surface area contributed by atoms with Crippen molar-refractivity contribution in [2.24, 2.45) is 0 Å². The minimum Gasteiger partial charge on any atom is -0.478 e. The van der Waals surface area contributed by atoms with Crippen molar-refractivity contribution in [2.45, 2.75) is 5.50 Å². The van der Waals surface area contributed by atoms with E-state index >= 15 is 0 Å². The van der Waals surface area contributed by atoms with Crippen molar-refractivity contribution < 1.29 is 14.6 Å². The van der Waals surface area contributed by atoms with Crippen molar-refractivity contribution in [1.82, 2.24) is 0 Å². The molecule has 2 rings (SSSR count). The number of rotatable bonds is 2. The van der Waals surface area contributed by atoms with Crippen molar-refractivity contribution in [1.29, 1.82) is 0 Å². The van der Waals surface area contributed by atoms with E-state index in [0.717, 1.165) is 12.2 Å². The Kier molecular flexibility index (Phi) is 3.31. The van der Waals surface area contributed by atoms with E-state index in [1.807, 2.05) is 4.90 Å². The maximum absolute atomic E-state index is 10.7. The summed E-state index contributed by atoms with van der Waals surface area (Å²) in [5.74, 6) is -0.920. The molecule has 0 radical (unpaired) electrons. The molecular weight excluding hydrogens is 230 g/mol. The fourth-order valence-electron chi connectivity index (χ4n) is 1.66. The molecule has 5 heteroatoms. The van der Waals surface area contributed by atoms with Gasteiger partial charge in [0, 0.05) is 12.2 Å². The molecule has 1 heterocycles. The topological polar surface area (TPSA) is 49.8 Å². The highest BCUT2D eigenvalue weighted by Crippen LogP contribution is 2.22. The zero-order chi connectivity index (χ0) is 11.5. The zero-order valence-corrected chi connectivity index (χ0v) is 9.35. The number of halogens is 1. The van der Waals surface area contributed by atoms with E-state index in [0.29, 0.717) is 13.2 Å². The molecule has 0 spiro atoms. The third-order valence-electron chi connectivity index (χ3n) is 2.52. The van der Waals surface area contributed by atoms with Crippen LogP contribution in [0.25, 0.3) is 0 Å². The van der Waals surface area contributed by atoms with Crippen molar-refractivity contribution in [3.63, 3.8) is 0 Å². The molecular formula is C11H12ClNO3. The van der Waals surface area contributed by atoms with Crippen LogP contribution < -0.4 is 4.90 Å². The van der Waals surface area contributed by atoms with Gasteiger partial charge in [-0.25, -0.2) is 4.79 Å². The van der Waals surface area contributed by atoms with Gasteiger partial charge in [-0.3, -0.25) is 0 Å². The van der Waals surface area contributed by atoms with Crippen molar-refractivity contribution >= 4 is 23.3 Å². The summed E-state index contributed by atoms with van der Waals surface area (Å²) in [7, 11) is 0. The van der Waals surface area contributed by atoms with Gasteiger partial charge in [0.15, 0.2) is 0 Å². The Hall–Kier alpha value is -1.26. The lowest BCUT2D eigenvalue weighted by Gasteiger charge is -2.33. The lowest BCUT2D eigenvalue weighted by molar-refractivity contribution is 0.0697. The minimum atomic E-state index is -0.920. The van der Waals surface area contributed by atoms with E-state index in [4.69, 9.17) is 21.4 Å². The van der Waals surface area contributed by atoms with Crippen LogP contribution in [0, 0.1) is 0 Å². The maximum Gasteiger partial charge on any atom is 0.335 e. The number of hydrogen-bond donors (Lipinski definition) is 1. The molecule has 1 unspecified atom stereocenters. The van der Waals surface area contributed by atoms with Crippen LogP contribution in [0.4, 0.5) is 5.69 Å². The fourth-order valence-corrected chi connectivity index (χ4v) is 1.96. The van der Waals surface area contributed by atoms with E-state index in [9.17, 15) is 4.79 Å². The van der Waals surface area contributed by atoms with E-state index in [1.54, 1.807) is 24.3 Å². The van der Waals surface area contributed by atoms with Crippen molar-refractivity contribution in [2.75, 3.05) is 24.7 Å². The van der Waals surface area contributed by atoms with E-state index in [1.165, 1.54) is 0 Å². The molecule has 16 heavy (non-hydrogen) atoms. The molecule has 1 aromatic rings. The Bertz CT molecular complexity index is 379. The van der Waals surface area contributed by atoms with Gasteiger partial charge >= 0.3 is 5.97 Å². The van der Waals surface area contributed by atoms with Crippen LogP contribution in [0.3, 0.4) is 0 Å². The van der Waals surface area contributed by atoms with E-state index < -0.39 is 5.97 Å². The van der Waals surface area contributed by atoms with Gasteiger partial charge in [0.1, 0.15) is 5.50 Å². The van der Waals surface area contributed by atoms with Crippen LogP contribution in [0.15, 0.2) is 24.3 Å². The molecule has 1 N–H and O–H groups in total. The second-order valence-corrected chi connectivity index (χ2v) is 4.06. The first-order valence-corrected chi connectivity index (χ1v) is 5.44. The number of hydrogen-bond acceptors (Lipinski definition) is 3. The van der Waals surface area contributed by atoms with Crippen molar-refractivity contribution in [3.8, 4) is 0 Å². The summed E-state index contributed by atoms with van der Waals surface area (Å²) in [6.07, 6.45) is 0. The summed E-state index contributed by atoms with van der Waals surface area (Å²) in [5.41, 5.74) is 1.01. The Balaban J connectivity index is 2.17. The van der Waals surface area contributed by atoms with Gasteiger partial charge in [-0.1, -0.05) is 11.6 Å². The average Bonchev–Trinajstić information content (AvgIpc) is 2.30. The molecule has 4 nitrogen and oxygen atoms in total. The smallest absolute Gasteiger partial charge is 0.335 e. The van der Waals surface area contributed by atoms with Gasteiger partial charge in [-0.15, -0.1) is 0 Å². The third-order valence-corrected chi connectivity index (χ3v) is 2.88. The number of carboxylic acids is 1. The summed E-state index contributed by atoms with van der Waals surface area (Å²) >= 11 is 6.10. The quantitative estimate of drug-likeness (QED) is 0.634. The number of alkyl halides is 1. The van der Waals surface area contributed by atoms with E-state index in [-0.39, 0.29) is 11.1 Å². The van der Waals surface area contributed by atoms with Crippen LogP contribution in [-0.2, 0) is 4.74 Å². The van der Waals surface area contributed by atoms with Gasteiger partial charge in [0.25, 0.3) is 0 Å². The first-order chi connectivity index (χ1) is 7.68. The highest BCUT2D eigenvalue weighted by molar-refractivity contribution is 6.22. The molecule has 1 aromatic carbocycles. The molecule has 0 bridgehead atoms. The molecule has 86 valence electrons. The van der Waals surface area contributed by atoms with Crippen LogP contribution in [0.5, 0.6) is 0 Å². The predicted molar refractivity (Wildman–Crippen MR) is 61.2 cm³/mol. The van der Waals surface area contributed by atoms with Gasteiger partial charge in [0.05, 0.1) is 18.8 Å². The van der Waals surface area contributed by atoms with Crippen molar-refractivity contribution in [3.05, 3.63) is 29.8 Å². The van der Waals surface area contributed by atoms with Crippen LogP contribution in [0.2, 0.25) is 0 Å². The fraction of sp³-hybridized carbons (Fsp3) is 0.364.